The number of hydrogen-bond acceptors (Lipinski definition) is 5. The van der Waals surface area contributed by atoms with Gasteiger partial charge in [0.15, 0.2) is 0 Å². The minimum absolute atomic E-state index is 0.0916. The molecule has 0 N–H and O–H groups in total. The Morgan fingerprint density at radius 3 is 2.67 bits per heavy atom. The van der Waals surface area contributed by atoms with Gasteiger partial charge in [-0.2, -0.15) is 0 Å². The lowest BCUT2D eigenvalue weighted by Crippen LogP contribution is -2.16. The number of thioether (sulfide) groups is 1. The van der Waals surface area contributed by atoms with Crippen molar-refractivity contribution in [3.05, 3.63) is 39.9 Å². The van der Waals surface area contributed by atoms with Gasteiger partial charge >= 0.3 is 5.97 Å². The highest BCUT2D eigenvalue weighted by Crippen LogP contribution is 2.38. The Labute approximate surface area is 109 Å². The zero-order valence-corrected chi connectivity index (χ0v) is 10.7. The van der Waals surface area contributed by atoms with Crippen molar-refractivity contribution < 1.29 is 14.5 Å². The Kier molecular flexibility index (Phi) is 3.86. The molecule has 0 aromatic heterocycles. The van der Waals surface area contributed by atoms with Crippen LogP contribution in [0.1, 0.15) is 17.9 Å². The molecule has 0 amide bonds. The van der Waals surface area contributed by atoms with Crippen molar-refractivity contribution >= 4 is 23.4 Å². The van der Waals surface area contributed by atoms with E-state index < -0.39 is 4.92 Å². The van der Waals surface area contributed by atoms with Crippen LogP contribution in [0.3, 0.4) is 0 Å². The third-order valence-corrected chi connectivity index (χ3v) is 4.42. The molecule has 1 aliphatic rings. The van der Waals surface area contributed by atoms with Crippen molar-refractivity contribution in [2.75, 3.05) is 12.9 Å². The molecule has 2 rings (SSSR count). The van der Waals surface area contributed by atoms with Gasteiger partial charge in [0.2, 0.25) is 0 Å². The highest BCUT2D eigenvalue weighted by Gasteiger charge is 2.32. The number of esters is 1. The fourth-order valence-corrected chi connectivity index (χ4v) is 3.42. The lowest BCUT2D eigenvalue weighted by molar-refractivity contribution is -0.384. The van der Waals surface area contributed by atoms with Gasteiger partial charge < -0.3 is 4.74 Å². The zero-order valence-electron chi connectivity index (χ0n) is 9.87. The van der Waals surface area contributed by atoms with Crippen LogP contribution < -0.4 is 0 Å². The van der Waals surface area contributed by atoms with Crippen LogP contribution in [-0.2, 0) is 9.53 Å². The molecular formula is C12H13NO4S. The molecule has 5 nitrogen and oxygen atoms in total. The highest BCUT2D eigenvalue weighted by atomic mass is 32.2. The van der Waals surface area contributed by atoms with Gasteiger partial charge in [0, 0.05) is 17.9 Å². The molecule has 0 unspecified atom stereocenters. The van der Waals surface area contributed by atoms with E-state index in [1.54, 1.807) is 23.9 Å². The lowest BCUT2D eigenvalue weighted by Gasteiger charge is -2.09. The van der Waals surface area contributed by atoms with E-state index in [0.29, 0.717) is 0 Å². The van der Waals surface area contributed by atoms with Crippen molar-refractivity contribution in [1.29, 1.82) is 0 Å². The first kappa shape index (κ1) is 12.9. The molecule has 1 heterocycles. The van der Waals surface area contributed by atoms with Crippen LogP contribution in [0.4, 0.5) is 5.69 Å². The van der Waals surface area contributed by atoms with Crippen LogP contribution in [0.2, 0.25) is 0 Å². The second kappa shape index (κ2) is 5.39. The smallest absolute Gasteiger partial charge is 0.318 e. The van der Waals surface area contributed by atoms with Crippen LogP contribution in [0.15, 0.2) is 24.3 Å². The summed E-state index contributed by atoms with van der Waals surface area (Å²) < 4.78 is 4.72. The molecule has 1 aromatic carbocycles. The predicted octanol–water partition coefficient (Wildman–Crippen LogP) is 2.36. The molecule has 1 fully saturated rings. The lowest BCUT2D eigenvalue weighted by atomic mass is 9.96. The summed E-state index contributed by atoms with van der Waals surface area (Å²) in [4.78, 5) is 21.5. The van der Waals surface area contributed by atoms with Crippen LogP contribution in [0.5, 0.6) is 0 Å². The number of carbonyl (C=O) groups is 1. The number of nitro groups is 1. The van der Waals surface area contributed by atoms with Gasteiger partial charge in [-0.25, -0.2) is 0 Å². The summed E-state index contributed by atoms with van der Waals surface area (Å²) in [5.74, 6) is 0.918. The van der Waals surface area contributed by atoms with Crippen molar-refractivity contribution in [2.45, 2.75) is 17.6 Å². The van der Waals surface area contributed by atoms with Crippen molar-refractivity contribution in [1.82, 2.24) is 0 Å². The average Bonchev–Trinajstić information content (AvgIpc) is 2.87. The maximum Gasteiger partial charge on any atom is 0.318 e. The molecule has 0 spiro atoms. The molecule has 1 aromatic rings. The minimum atomic E-state index is -0.412. The number of benzene rings is 1. The fraction of sp³-hybridized carbons (Fsp3) is 0.417. The van der Waals surface area contributed by atoms with Gasteiger partial charge in [-0.1, -0.05) is 12.1 Å². The van der Waals surface area contributed by atoms with Gasteiger partial charge in [-0.05, 0) is 17.9 Å². The maximum absolute atomic E-state index is 11.4. The minimum Gasteiger partial charge on any atom is -0.468 e. The number of rotatable bonds is 3. The van der Waals surface area contributed by atoms with E-state index in [4.69, 9.17) is 4.74 Å². The molecule has 0 saturated carbocycles. The first-order valence-electron chi connectivity index (χ1n) is 5.55. The summed E-state index contributed by atoms with van der Waals surface area (Å²) in [6, 6.07) is 6.54. The Bertz CT molecular complexity index is 460. The van der Waals surface area contributed by atoms with Crippen molar-refractivity contribution in [3.63, 3.8) is 0 Å². The Balaban J connectivity index is 2.05. The normalized spacial score (nSPS) is 22.7. The number of carbonyl (C=O) groups excluding carboxylic acids is 1. The second-order valence-electron chi connectivity index (χ2n) is 4.13. The number of ether oxygens (including phenoxy) is 1. The quantitative estimate of drug-likeness (QED) is 0.477. The summed E-state index contributed by atoms with van der Waals surface area (Å²) >= 11 is 1.58. The van der Waals surface area contributed by atoms with Gasteiger partial charge in [0.1, 0.15) is 5.25 Å². The van der Waals surface area contributed by atoms with Crippen molar-refractivity contribution in [2.24, 2.45) is 0 Å². The zero-order chi connectivity index (χ0) is 13.1. The molecule has 1 saturated heterocycles. The monoisotopic (exact) mass is 267 g/mol. The first-order chi connectivity index (χ1) is 8.61. The molecule has 2 atom stereocenters. The van der Waals surface area contributed by atoms with Gasteiger partial charge in [-0.15, -0.1) is 11.8 Å². The number of non-ortho nitro benzene ring substituents is 1. The van der Waals surface area contributed by atoms with E-state index in [2.05, 4.69) is 0 Å². The Morgan fingerprint density at radius 1 is 1.44 bits per heavy atom. The summed E-state index contributed by atoms with van der Waals surface area (Å²) in [5, 5.41) is 10.4. The SMILES string of the molecule is COC(=O)[C@@H]1C[C@H](c2ccc([N+](=O)[O-])cc2)CS1. The topological polar surface area (TPSA) is 69.4 Å². The number of methoxy groups -OCH3 is 1. The van der Waals surface area contributed by atoms with Gasteiger partial charge in [0.05, 0.1) is 12.0 Å². The van der Waals surface area contributed by atoms with Gasteiger partial charge in [0.25, 0.3) is 5.69 Å². The van der Waals surface area contributed by atoms with E-state index in [0.717, 1.165) is 17.7 Å². The first-order valence-corrected chi connectivity index (χ1v) is 6.60. The van der Waals surface area contributed by atoms with Crippen molar-refractivity contribution in [3.8, 4) is 0 Å². The standard InChI is InChI=1S/C12H13NO4S/c1-17-12(14)11-6-9(7-18-11)8-2-4-10(5-3-8)13(15)16/h2-5,9,11H,6-7H2,1H3/t9-,11-/m0/s1. The molecule has 18 heavy (non-hydrogen) atoms. The van der Waals surface area contributed by atoms with E-state index in [1.807, 2.05) is 0 Å². The second-order valence-corrected chi connectivity index (χ2v) is 5.36. The van der Waals surface area contributed by atoms with Crippen LogP contribution in [0, 0.1) is 10.1 Å². The van der Waals surface area contributed by atoms with Crippen LogP contribution in [-0.4, -0.2) is 29.0 Å². The third-order valence-electron chi connectivity index (χ3n) is 3.04. The summed E-state index contributed by atoms with van der Waals surface area (Å²) in [6.07, 6.45) is 0.731. The highest BCUT2D eigenvalue weighted by molar-refractivity contribution is 8.00. The summed E-state index contributed by atoms with van der Waals surface area (Å²) in [6.45, 7) is 0. The van der Waals surface area contributed by atoms with E-state index in [-0.39, 0.29) is 22.8 Å². The average molecular weight is 267 g/mol. The summed E-state index contributed by atoms with van der Waals surface area (Å²) in [7, 11) is 1.39. The Morgan fingerprint density at radius 2 is 2.11 bits per heavy atom. The molecule has 96 valence electrons. The molecule has 0 bridgehead atoms. The third kappa shape index (κ3) is 2.64. The largest absolute Gasteiger partial charge is 0.468 e. The molecular weight excluding hydrogens is 254 g/mol. The van der Waals surface area contributed by atoms with E-state index in [1.165, 1.54) is 19.2 Å². The molecule has 6 heteroatoms. The predicted molar refractivity (Wildman–Crippen MR) is 68.7 cm³/mol. The van der Waals surface area contributed by atoms with Gasteiger partial charge in [-0.3, -0.25) is 14.9 Å². The number of hydrogen-bond donors (Lipinski definition) is 0. The fourth-order valence-electron chi connectivity index (χ4n) is 2.02. The Hall–Kier alpha value is -1.56. The van der Waals surface area contributed by atoms with E-state index in [9.17, 15) is 14.9 Å². The molecule has 0 aliphatic carbocycles. The number of nitrogens with zero attached hydrogens (tertiary/aromatic N) is 1. The number of nitro benzene ring substituents is 1. The molecule has 1 aliphatic heterocycles. The summed E-state index contributed by atoms with van der Waals surface area (Å²) in [5.41, 5.74) is 1.13. The van der Waals surface area contributed by atoms with Crippen LogP contribution in [0.25, 0.3) is 0 Å². The van der Waals surface area contributed by atoms with E-state index >= 15 is 0 Å². The molecule has 0 radical (unpaired) electrons. The van der Waals surface area contributed by atoms with Crippen LogP contribution >= 0.6 is 11.8 Å². The maximum atomic E-state index is 11.4.